The van der Waals surface area contributed by atoms with Gasteiger partial charge >= 0.3 is 0 Å². The van der Waals surface area contributed by atoms with Crippen molar-refractivity contribution in [3.05, 3.63) is 11.4 Å². The van der Waals surface area contributed by atoms with Crippen molar-refractivity contribution >= 4 is 11.6 Å². The van der Waals surface area contributed by atoms with E-state index in [1.807, 2.05) is 6.92 Å². The first kappa shape index (κ1) is 14.1. The van der Waals surface area contributed by atoms with Gasteiger partial charge in [0.05, 0.1) is 0 Å². The molecule has 1 saturated heterocycles. The lowest BCUT2D eigenvalue weighted by Gasteiger charge is -2.24. The highest BCUT2D eigenvalue weighted by Crippen LogP contribution is 2.24. The van der Waals surface area contributed by atoms with Crippen molar-refractivity contribution in [3.8, 4) is 0 Å². The molecule has 0 spiro atoms. The predicted molar refractivity (Wildman–Crippen MR) is 80.0 cm³/mol. The van der Waals surface area contributed by atoms with Gasteiger partial charge in [-0.05, 0) is 40.8 Å². The third-order valence-corrected chi connectivity index (χ3v) is 3.60. The maximum Gasteiger partial charge on any atom is 0.137 e. The zero-order chi connectivity index (χ0) is 13.8. The lowest BCUT2D eigenvalue weighted by Crippen LogP contribution is -2.30. The summed E-state index contributed by atoms with van der Waals surface area (Å²) in [5.74, 6) is 2.91. The number of nitrogens with one attached hydrogen (secondary N) is 1. The summed E-state index contributed by atoms with van der Waals surface area (Å²) < 4.78 is 0. The van der Waals surface area contributed by atoms with Crippen LogP contribution in [0.4, 0.5) is 11.6 Å². The Morgan fingerprint density at radius 2 is 1.89 bits per heavy atom. The van der Waals surface area contributed by atoms with Gasteiger partial charge in [0, 0.05) is 31.7 Å². The maximum absolute atomic E-state index is 4.66. The minimum atomic E-state index is 0.842. The highest BCUT2D eigenvalue weighted by molar-refractivity contribution is 5.58. The smallest absolute Gasteiger partial charge is 0.137 e. The van der Waals surface area contributed by atoms with Crippen LogP contribution in [0, 0.1) is 13.8 Å². The third-order valence-electron chi connectivity index (χ3n) is 3.60. The molecule has 106 valence electrons. The van der Waals surface area contributed by atoms with Crippen molar-refractivity contribution in [2.24, 2.45) is 0 Å². The van der Waals surface area contributed by atoms with E-state index < -0.39 is 0 Å². The van der Waals surface area contributed by atoms with E-state index >= 15 is 0 Å². The van der Waals surface area contributed by atoms with Crippen LogP contribution in [0.2, 0.25) is 0 Å². The topological polar surface area (TPSA) is 44.3 Å². The van der Waals surface area contributed by atoms with Crippen LogP contribution in [0.3, 0.4) is 0 Å². The van der Waals surface area contributed by atoms with Gasteiger partial charge in [-0.2, -0.15) is 0 Å². The quantitative estimate of drug-likeness (QED) is 0.898. The fraction of sp³-hybridized carbons (Fsp3) is 0.714. The Morgan fingerprint density at radius 1 is 1.11 bits per heavy atom. The Morgan fingerprint density at radius 3 is 2.63 bits per heavy atom. The Kier molecular flexibility index (Phi) is 4.58. The van der Waals surface area contributed by atoms with Gasteiger partial charge in [-0.15, -0.1) is 0 Å². The van der Waals surface area contributed by atoms with Crippen molar-refractivity contribution in [2.45, 2.75) is 27.2 Å². The van der Waals surface area contributed by atoms with Crippen LogP contribution in [0.15, 0.2) is 0 Å². The van der Waals surface area contributed by atoms with Gasteiger partial charge < -0.3 is 15.1 Å². The Bertz CT molecular complexity index is 432. The molecule has 1 N–H and O–H groups in total. The molecule has 0 bridgehead atoms. The van der Waals surface area contributed by atoms with Crippen molar-refractivity contribution in [1.29, 1.82) is 0 Å². The minimum Gasteiger partial charge on any atom is -0.370 e. The van der Waals surface area contributed by atoms with Gasteiger partial charge in [0.15, 0.2) is 0 Å². The first-order valence-electron chi connectivity index (χ1n) is 7.14. The van der Waals surface area contributed by atoms with Crippen molar-refractivity contribution < 1.29 is 0 Å². The molecule has 5 nitrogen and oxygen atoms in total. The molecule has 2 heterocycles. The molecular formula is C14H25N5. The average molecular weight is 263 g/mol. The number of hydrogen-bond acceptors (Lipinski definition) is 5. The molecule has 0 unspecified atom stereocenters. The zero-order valence-corrected chi connectivity index (χ0v) is 12.5. The van der Waals surface area contributed by atoms with E-state index in [9.17, 15) is 0 Å². The normalized spacial score (nSPS) is 17.4. The molecule has 0 radical (unpaired) electrons. The maximum atomic E-state index is 4.66. The van der Waals surface area contributed by atoms with Crippen LogP contribution in [-0.4, -0.2) is 54.6 Å². The van der Waals surface area contributed by atoms with Gasteiger partial charge in [-0.3, -0.25) is 0 Å². The molecule has 1 aliphatic rings. The van der Waals surface area contributed by atoms with E-state index in [1.54, 1.807) is 0 Å². The number of rotatable bonds is 3. The molecule has 0 amide bonds. The van der Waals surface area contributed by atoms with Gasteiger partial charge in [-0.1, -0.05) is 0 Å². The number of hydrogen-bond donors (Lipinski definition) is 1. The van der Waals surface area contributed by atoms with E-state index in [2.05, 4.69) is 46.0 Å². The molecule has 19 heavy (non-hydrogen) atoms. The molecule has 5 heteroatoms. The third kappa shape index (κ3) is 3.35. The second-order valence-electron chi connectivity index (χ2n) is 5.24. The van der Waals surface area contributed by atoms with E-state index in [0.717, 1.165) is 49.2 Å². The number of aryl methyl sites for hydroxylation is 1. The molecule has 2 rings (SSSR count). The molecule has 1 aliphatic heterocycles. The lowest BCUT2D eigenvalue weighted by molar-refractivity contribution is 0.360. The van der Waals surface area contributed by atoms with Crippen molar-refractivity contribution in [1.82, 2.24) is 14.9 Å². The largest absolute Gasteiger partial charge is 0.370 e. The average Bonchev–Trinajstić information content (AvgIpc) is 2.58. The summed E-state index contributed by atoms with van der Waals surface area (Å²) in [7, 11) is 2.19. The SMILES string of the molecule is CCNc1nc(C)nc(N2CCCN(C)CC2)c1C. The summed E-state index contributed by atoms with van der Waals surface area (Å²) in [4.78, 5) is 13.9. The number of anilines is 2. The van der Waals surface area contributed by atoms with Gasteiger partial charge in [0.2, 0.25) is 0 Å². The summed E-state index contributed by atoms with van der Waals surface area (Å²) in [5, 5.41) is 3.33. The molecule has 1 fully saturated rings. The first-order chi connectivity index (χ1) is 9.11. The van der Waals surface area contributed by atoms with E-state index in [0.29, 0.717) is 0 Å². The molecule has 1 aromatic rings. The Labute approximate surface area is 116 Å². The number of aromatic nitrogens is 2. The molecule has 0 saturated carbocycles. The second kappa shape index (κ2) is 6.19. The predicted octanol–water partition coefficient (Wildman–Crippen LogP) is 1.67. The van der Waals surface area contributed by atoms with Crippen LogP contribution in [0.25, 0.3) is 0 Å². The first-order valence-corrected chi connectivity index (χ1v) is 7.14. The minimum absolute atomic E-state index is 0.842. The van der Waals surface area contributed by atoms with Gasteiger partial charge in [-0.25, -0.2) is 9.97 Å². The van der Waals surface area contributed by atoms with Gasteiger partial charge in [0.25, 0.3) is 0 Å². The molecule has 0 atom stereocenters. The summed E-state index contributed by atoms with van der Waals surface area (Å²) in [6.07, 6.45) is 1.19. The van der Waals surface area contributed by atoms with Crippen LogP contribution >= 0.6 is 0 Å². The van der Waals surface area contributed by atoms with Crippen LogP contribution in [-0.2, 0) is 0 Å². The summed E-state index contributed by atoms with van der Waals surface area (Å²) >= 11 is 0. The van der Waals surface area contributed by atoms with E-state index in [-0.39, 0.29) is 0 Å². The highest BCUT2D eigenvalue weighted by Gasteiger charge is 2.18. The molecular weight excluding hydrogens is 238 g/mol. The number of nitrogens with zero attached hydrogens (tertiary/aromatic N) is 4. The van der Waals surface area contributed by atoms with Crippen LogP contribution in [0.5, 0.6) is 0 Å². The molecule has 0 aliphatic carbocycles. The summed E-state index contributed by atoms with van der Waals surface area (Å²) in [6, 6.07) is 0. The zero-order valence-electron chi connectivity index (χ0n) is 12.5. The summed E-state index contributed by atoms with van der Waals surface area (Å²) in [5.41, 5.74) is 1.16. The fourth-order valence-electron chi connectivity index (χ4n) is 2.52. The van der Waals surface area contributed by atoms with Gasteiger partial charge in [0.1, 0.15) is 17.5 Å². The summed E-state index contributed by atoms with van der Waals surface area (Å²) in [6.45, 7) is 11.4. The monoisotopic (exact) mass is 263 g/mol. The van der Waals surface area contributed by atoms with Crippen molar-refractivity contribution in [3.63, 3.8) is 0 Å². The van der Waals surface area contributed by atoms with Crippen molar-refractivity contribution in [2.75, 3.05) is 50.0 Å². The fourth-order valence-corrected chi connectivity index (χ4v) is 2.52. The molecule has 1 aromatic heterocycles. The van der Waals surface area contributed by atoms with Crippen LogP contribution in [0.1, 0.15) is 24.7 Å². The van der Waals surface area contributed by atoms with Crippen LogP contribution < -0.4 is 10.2 Å². The highest BCUT2D eigenvalue weighted by atomic mass is 15.2. The second-order valence-corrected chi connectivity index (χ2v) is 5.24. The van der Waals surface area contributed by atoms with E-state index in [1.165, 1.54) is 13.0 Å². The molecule has 0 aromatic carbocycles. The van der Waals surface area contributed by atoms with E-state index in [4.69, 9.17) is 0 Å². The Balaban J connectivity index is 2.27. The Hall–Kier alpha value is -1.36. The standard InChI is InChI=1S/C14H25N5/c1-5-15-13-11(2)14(17-12(3)16-13)19-8-6-7-18(4)9-10-19/h5-10H2,1-4H3,(H,15,16,17). The lowest BCUT2D eigenvalue weighted by atomic mass is 10.2. The number of likely N-dealkylation sites (N-methyl/N-ethyl adjacent to an activating group) is 1.